The Morgan fingerprint density at radius 3 is 2.86 bits per heavy atom. The maximum Gasteiger partial charge on any atom is 0.138 e. The van der Waals surface area contributed by atoms with E-state index >= 15 is 0 Å². The predicted octanol–water partition coefficient (Wildman–Crippen LogP) is 0.363. The summed E-state index contributed by atoms with van der Waals surface area (Å²) in [6.45, 7) is 0. The van der Waals surface area contributed by atoms with Crippen molar-refractivity contribution < 1.29 is 4.84 Å². The summed E-state index contributed by atoms with van der Waals surface area (Å²) in [5.41, 5.74) is 0. The van der Waals surface area contributed by atoms with Crippen molar-refractivity contribution in [1.29, 1.82) is 0 Å². The minimum absolute atomic E-state index is 1.51. The Kier molecular flexibility index (Phi) is 0.978. The lowest BCUT2D eigenvalue weighted by Gasteiger charge is -2.06. The van der Waals surface area contributed by atoms with Crippen molar-refractivity contribution in [3.63, 3.8) is 0 Å². The van der Waals surface area contributed by atoms with Crippen molar-refractivity contribution in [3.8, 4) is 0 Å². The zero-order valence-electron chi connectivity index (χ0n) is 4.03. The van der Waals surface area contributed by atoms with Gasteiger partial charge in [-0.3, -0.25) is 0 Å². The van der Waals surface area contributed by atoms with Crippen molar-refractivity contribution in [2.24, 2.45) is 5.16 Å². The minimum atomic E-state index is 1.51. The van der Waals surface area contributed by atoms with Crippen LogP contribution in [0.1, 0.15) is 0 Å². The number of hydrogen-bond acceptors (Lipinski definition) is 3. The molecule has 0 N–H and O–H groups in total. The van der Waals surface area contributed by atoms with Gasteiger partial charge in [0.25, 0.3) is 0 Å². The maximum absolute atomic E-state index is 4.49. The average molecular weight is 98.1 g/mol. The first-order chi connectivity index (χ1) is 3.39. The van der Waals surface area contributed by atoms with Crippen molar-refractivity contribution in [2.75, 3.05) is 7.05 Å². The molecule has 7 heavy (non-hydrogen) atoms. The summed E-state index contributed by atoms with van der Waals surface area (Å²) in [6.07, 6.45) is 4.87. The molecule has 0 fully saturated rings. The van der Waals surface area contributed by atoms with Crippen LogP contribution in [0.25, 0.3) is 0 Å². The first-order valence-corrected chi connectivity index (χ1v) is 1.97. The van der Waals surface area contributed by atoms with Crippen molar-refractivity contribution in [2.45, 2.75) is 0 Å². The molecule has 0 atom stereocenters. The third kappa shape index (κ3) is 0.924. The van der Waals surface area contributed by atoms with Gasteiger partial charge in [0.05, 0.1) is 0 Å². The molecule has 1 heterocycles. The molecule has 0 aromatic rings. The Morgan fingerprint density at radius 2 is 2.57 bits per heavy atom. The van der Waals surface area contributed by atoms with E-state index in [1.807, 2.05) is 7.05 Å². The molecule has 0 aromatic heterocycles. The van der Waals surface area contributed by atoms with Crippen LogP contribution in [0.5, 0.6) is 0 Å². The molecule has 0 aliphatic carbocycles. The van der Waals surface area contributed by atoms with Gasteiger partial charge in [-0.05, 0) is 0 Å². The van der Waals surface area contributed by atoms with Crippen LogP contribution >= 0.6 is 0 Å². The minimum Gasteiger partial charge on any atom is -0.362 e. The van der Waals surface area contributed by atoms with Crippen molar-refractivity contribution >= 4 is 6.34 Å². The van der Waals surface area contributed by atoms with E-state index in [0.717, 1.165) is 0 Å². The van der Waals surface area contributed by atoms with Gasteiger partial charge in [-0.15, -0.1) is 0 Å². The lowest BCUT2D eigenvalue weighted by molar-refractivity contribution is 0.251. The van der Waals surface area contributed by atoms with Crippen LogP contribution in [-0.4, -0.2) is 18.3 Å². The van der Waals surface area contributed by atoms with E-state index in [2.05, 4.69) is 9.99 Å². The average Bonchev–Trinajstić information content (AvgIpc) is 1.69. The number of oxime groups is 1. The molecule has 0 unspecified atom stereocenters. The van der Waals surface area contributed by atoms with E-state index < -0.39 is 0 Å². The van der Waals surface area contributed by atoms with Crippen LogP contribution in [-0.2, 0) is 4.84 Å². The highest BCUT2D eigenvalue weighted by molar-refractivity contribution is 5.55. The molecule has 1 aliphatic heterocycles. The van der Waals surface area contributed by atoms with Crippen LogP contribution in [0.3, 0.4) is 0 Å². The van der Waals surface area contributed by atoms with Gasteiger partial charge in [0, 0.05) is 13.2 Å². The summed E-state index contributed by atoms with van der Waals surface area (Å²) < 4.78 is 0. The second-order valence-electron chi connectivity index (χ2n) is 1.28. The van der Waals surface area contributed by atoms with Gasteiger partial charge in [0.1, 0.15) is 12.6 Å². The van der Waals surface area contributed by atoms with E-state index in [1.54, 1.807) is 17.4 Å². The molecule has 0 saturated carbocycles. The van der Waals surface area contributed by atoms with Crippen molar-refractivity contribution in [3.05, 3.63) is 12.5 Å². The van der Waals surface area contributed by atoms with Gasteiger partial charge in [0.15, 0.2) is 0 Å². The first-order valence-electron chi connectivity index (χ1n) is 1.97. The van der Waals surface area contributed by atoms with E-state index in [0.29, 0.717) is 0 Å². The second-order valence-corrected chi connectivity index (χ2v) is 1.28. The fraction of sp³-hybridized carbons (Fsp3) is 0.250. The molecule has 3 nitrogen and oxygen atoms in total. The molecular weight excluding hydrogens is 92.1 g/mol. The van der Waals surface area contributed by atoms with Crippen molar-refractivity contribution in [1.82, 2.24) is 4.90 Å². The molecule has 0 radical (unpaired) electrons. The van der Waals surface area contributed by atoms with Gasteiger partial charge in [0.2, 0.25) is 0 Å². The molecule has 38 valence electrons. The molecule has 0 amide bonds. The quantitative estimate of drug-likeness (QED) is 0.437. The third-order valence-electron chi connectivity index (χ3n) is 0.647. The largest absolute Gasteiger partial charge is 0.362 e. The Morgan fingerprint density at radius 1 is 1.71 bits per heavy atom. The lowest BCUT2D eigenvalue weighted by Crippen LogP contribution is -2.09. The standard InChI is InChI=1S/C4H6N2O/c1-6-2-3-7-5-4-6/h2-4H,1H3. The van der Waals surface area contributed by atoms with Crippen LogP contribution in [0, 0.1) is 0 Å². The maximum atomic E-state index is 4.49. The summed E-state index contributed by atoms with van der Waals surface area (Å²) >= 11 is 0. The molecule has 1 aliphatic rings. The molecule has 0 bridgehead atoms. The predicted molar refractivity (Wildman–Crippen MR) is 26.5 cm³/mol. The third-order valence-corrected chi connectivity index (χ3v) is 0.647. The van der Waals surface area contributed by atoms with E-state index in [9.17, 15) is 0 Å². The van der Waals surface area contributed by atoms with Crippen LogP contribution in [0.15, 0.2) is 17.6 Å². The fourth-order valence-electron chi connectivity index (χ4n) is 0.298. The zero-order chi connectivity index (χ0) is 5.11. The second kappa shape index (κ2) is 1.64. The smallest absolute Gasteiger partial charge is 0.138 e. The van der Waals surface area contributed by atoms with E-state index in [4.69, 9.17) is 0 Å². The van der Waals surface area contributed by atoms with E-state index in [-0.39, 0.29) is 0 Å². The van der Waals surface area contributed by atoms with Crippen LogP contribution < -0.4 is 0 Å². The number of rotatable bonds is 0. The van der Waals surface area contributed by atoms with Gasteiger partial charge < -0.3 is 9.74 Å². The number of hydrogen-bond donors (Lipinski definition) is 0. The molecule has 1 rings (SSSR count). The SMILES string of the molecule is CN1C=CON=C1. The first kappa shape index (κ1) is 4.18. The monoisotopic (exact) mass is 98.0 g/mol. The highest BCUT2D eigenvalue weighted by Gasteiger charge is 1.86. The highest BCUT2D eigenvalue weighted by atomic mass is 16.6. The van der Waals surface area contributed by atoms with Gasteiger partial charge in [-0.2, -0.15) is 0 Å². The normalized spacial score (nSPS) is 17.0. The van der Waals surface area contributed by atoms with Gasteiger partial charge >= 0.3 is 0 Å². The van der Waals surface area contributed by atoms with E-state index in [1.165, 1.54) is 6.26 Å². The van der Waals surface area contributed by atoms with Crippen LogP contribution in [0.4, 0.5) is 0 Å². The molecule has 3 heteroatoms. The summed E-state index contributed by atoms with van der Waals surface area (Å²) in [6, 6.07) is 0. The lowest BCUT2D eigenvalue weighted by atomic mass is 10.8. The highest BCUT2D eigenvalue weighted by Crippen LogP contribution is 1.88. The summed E-state index contributed by atoms with van der Waals surface area (Å²) in [5, 5.41) is 3.47. The molecular formula is C4H6N2O. The number of nitrogens with zero attached hydrogens (tertiary/aromatic N) is 2. The fourth-order valence-corrected chi connectivity index (χ4v) is 0.298. The van der Waals surface area contributed by atoms with Crippen LogP contribution in [0.2, 0.25) is 0 Å². The summed E-state index contributed by atoms with van der Waals surface area (Å²) in [5.74, 6) is 0. The molecule has 0 saturated heterocycles. The van der Waals surface area contributed by atoms with Gasteiger partial charge in [-0.1, -0.05) is 5.16 Å². The van der Waals surface area contributed by atoms with Gasteiger partial charge in [-0.25, -0.2) is 0 Å². The molecule has 0 spiro atoms. The summed E-state index contributed by atoms with van der Waals surface area (Å²) in [4.78, 5) is 6.28. The Balaban J connectivity index is 2.49. The Hall–Kier alpha value is -0.990. The zero-order valence-corrected chi connectivity index (χ0v) is 4.03. The Bertz CT molecular complexity index is 96.3. The topological polar surface area (TPSA) is 24.8 Å². The summed E-state index contributed by atoms with van der Waals surface area (Å²) in [7, 11) is 1.88. The Labute approximate surface area is 41.9 Å². The molecule has 0 aromatic carbocycles.